The molecule has 2 fully saturated rings. The number of carbonyl (C=O) groups is 1. The summed E-state index contributed by atoms with van der Waals surface area (Å²) in [5.74, 6) is 1.58. The fourth-order valence-corrected chi connectivity index (χ4v) is 3.48. The minimum Gasteiger partial charge on any atom is -0.324 e. The molecule has 0 bridgehead atoms. The molecule has 1 aromatic carbocycles. The largest absolute Gasteiger partial charge is 0.324 e. The van der Waals surface area contributed by atoms with Gasteiger partial charge in [0.05, 0.1) is 6.54 Å². The molecule has 3 rings (SSSR count). The number of nitrogens with zero attached hydrogens (tertiary/aromatic N) is 1. The van der Waals surface area contributed by atoms with E-state index in [2.05, 4.69) is 15.5 Å². The maximum Gasteiger partial charge on any atom is 0.238 e. The molecule has 0 aromatic heterocycles. The Morgan fingerprint density at radius 3 is 2.45 bits per heavy atom. The second kappa shape index (κ2) is 5.54. The van der Waals surface area contributed by atoms with Gasteiger partial charge in [-0.2, -0.15) is 0 Å². The van der Waals surface area contributed by atoms with Crippen molar-refractivity contribution in [3.63, 3.8) is 0 Å². The summed E-state index contributed by atoms with van der Waals surface area (Å²) in [6.45, 7) is 8.92. The van der Waals surface area contributed by atoms with Crippen LogP contribution >= 0.6 is 0 Å². The molecule has 2 heterocycles. The van der Waals surface area contributed by atoms with Crippen molar-refractivity contribution in [3.8, 4) is 0 Å². The summed E-state index contributed by atoms with van der Waals surface area (Å²) in [4.78, 5) is 14.5. The summed E-state index contributed by atoms with van der Waals surface area (Å²) < 4.78 is 0. The lowest BCUT2D eigenvalue weighted by molar-refractivity contribution is -0.117. The Bertz CT molecular complexity index is 482. The standard InChI is InChI=1S/C16H23N3O/c1-11-4-3-5-12(2)16(11)18-15(20)10-19-8-13-6-17-7-14(13)9-19/h3-5,13-14,17H,6-10H2,1-2H3,(H,18,20)/t13-,14+. The Kier molecular flexibility index (Phi) is 3.76. The third-order valence-electron chi connectivity index (χ3n) is 4.58. The van der Waals surface area contributed by atoms with Crippen LogP contribution in [-0.4, -0.2) is 43.5 Å². The number of benzene rings is 1. The minimum atomic E-state index is 0.107. The Labute approximate surface area is 120 Å². The molecule has 2 aliphatic heterocycles. The number of para-hydroxylation sites is 1. The Morgan fingerprint density at radius 2 is 1.85 bits per heavy atom. The number of likely N-dealkylation sites (tertiary alicyclic amines) is 1. The van der Waals surface area contributed by atoms with Crippen LogP contribution in [0.5, 0.6) is 0 Å². The Morgan fingerprint density at radius 1 is 1.25 bits per heavy atom. The maximum absolute atomic E-state index is 12.2. The van der Waals surface area contributed by atoms with Crippen LogP contribution in [0.4, 0.5) is 5.69 Å². The zero-order chi connectivity index (χ0) is 14.1. The molecule has 0 saturated carbocycles. The topological polar surface area (TPSA) is 44.4 Å². The minimum absolute atomic E-state index is 0.107. The van der Waals surface area contributed by atoms with Crippen molar-refractivity contribution in [2.75, 3.05) is 38.0 Å². The van der Waals surface area contributed by atoms with Gasteiger partial charge in [-0.1, -0.05) is 18.2 Å². The zero-order valence-corrected chi connectivity index (χ0v) is 12.3. The van der Waals surface area contributed by atoms with Crippen LogP contribution in [0.25, 0.3) is 0 Å². The average molecular weight is 273 g/mol. The van der Waals surface area contributed by atoms with E-state index in [1.165, 1.54) is 0 Å². The van der Waals surface area contributed by atoms with Gasteiger partial charge in [-0.05, 0) is 49.9 Å². The van der Waals surface area contributed by atoms with Crippen LogP contribution in [0.3, 0.4) is 0 Å². The molecule has 2 saturated heterocycles. The Hall–Kier alpha value is -1.39. The molecule has 0 spiro atoms. The van der Waals surface area contributed by atoms with E-state index >= 15 is 0 Å². The molecule has 108 valence electrons. The van der Waals surface area contributed by atoms with Crippen LogP contribution in [-0.2, 0) is 4.79 Å². The quantitative estimate of drug-likeness (QED) is 0.875. The second-order valence-corrected chi connectivity index (χ2v) is 6.19. The highest BCUT2D eigenvalue weighted by Gasteiger charge is 2.36. The number of anilines is 1. The highest BCUT2D eigenvalue weighted by molar-refractivity contribution is 5.93. The van der Waals surface area contributed by atoms with Crippen molar-refractivity contribution in [2.45, 2.75) is 13.8 Å². The van der Waals surface area contributed by atoms with Crippen LogP contribution in [0.2, 0.25) is 0 Å². The summed E-state index contributed by atoms with van der Waals surface area (Å²) >= 11 is 0. The molecule has 0 aliphatic carbocycles. The first-order valence-electron chi connectivity index (χ1n) is 7.42. The van der Waals surface area contributed by atoms with E-state index in [0.717, 1.165) is 54.8 Å². The van der Waals surface area contributed by atoms with Crippen LogP contribution in [0.15, 0.2) is 18.2 Å². The van der Waals surface area contributed by atoms with Crippen LogP contribution in [0.1, 0.15) is 11.1 Å². The van der Waals surface area contributed by atoms with Gasteiger partial charge in [-0.3, -0.25) is 9.69 Å². The lowest BCUT2D eigenvalue weighted by Gasteiger charge is -2.18. The van der Waals surface area contributed by atoms with Crippen molar-refractivity contribution in [1.82, 2.24) is 10.2 Å². The number of carbonyl (C=O) groups excluding carboxylic acids is 1. The number of nitrogens with one attached hydrogen (secondary N) is 2. The predicted octanol–water partition coefficient (Wildman–Crippen LogP) is 1.39. The van der Waals surface area contributed by atoms with Gasteiger partial charge >= 0.3 is 0 Å². The number of hydrogen-bond acceptors (Lipinski definition) is 3. The van der Waals surface area contributed by atoms with E-state index in [0.29, 0.717) is 6.54 Å². The zero-order valence-electron chi connectivity index (χ0n) is 12.3. The van der Waals surface area contributed by atoms with Gasteiger partial charge in [0.15, 0.2) is 0 Å². The number of hydrogen-bond donors (Lipinski definition) is 2. The van der Waals surface area contributed by atoms with Crippen molar-refractivity contribution >= 4 is 11.6 Å². The molecule has 2 aliphatic rings. The van der Waals surface area contributed by atoms with Gasteiger partial charge in [0.25, 0.3) is 0 Å². The second-order valence-electron chi connectivity index (χ2n) is 6.19. The fraction of sp³-hybridized carbons (Fsp3) is 0.562. The number of rotatable bonds is 3. The first-order chi connectivity index (χ1) is 9.63. The third kappa shape index (κ3) is 2.72. The molecule has 2 N–H and O–H groups in total. The highest BCUT2D eigenvalue weighted by atomic mass is 16.2. The molecule has 1 amide bonds. The molecule has 1 aromatic rings. The lowest BCUT2D eigenvalue weighted by Crippen LogP contribution is -2.34. The van der Waals surface area contributed by atoms with Crippen molar-refractivity contribution in [1.29, 1.82) is 0 Å². The molecule has 2 atom stereocenters. The summed E-state index contributed by atoms with van der Waals surface area (Å²) in [7, 11) is 0. The Balaban J connectivity index is 1.58. The van der Waals surface area contributed by atoms with Gasteiger partial charge in [0.2, 0.25) is 5.91 Å². The summed E-state index contributed by atoms with van der Waals surface area (Å²) in [5, 5.41) is 6.50. The summed E-state index contributed by atoms with van der Waals surface area (Å²) in [6.07, 6.45) is 0. The lowest BCUT2D eigenvalue weighted by atomic mass is 10.0. The van der Waals surface area contributed by atoms with Gasteiger partial charge < -0.3 is 10.6 Å². The first-order valence-corrected chi connectivity index (χ1v) is 7.42. The van der Waals surface area contributed by atoms with Gasteiger partial charge in [0.1, 0.15) is 0 Å². The first kappa shape index (κ1) is 13.6. The monoisotopic (exact) mass is 273 g/mol. The molecule has 0 unspecified atom stereocenters. The van der Waals surface area contributed by atoms with Crippen LogP contribution in [0, 0.1) is 25.7 Å². The average Bonchev–Trinajstić information content (AvgIpc) is 2.94. The van der Waals surface area contributed by atoms with E-state index in [1.54, 1.807) is 0 Å². The number of aryl methyl sites for hydroxylation is 2. The van der Waals surface area contributed by atoms with E-state index in [9.17, 15) is 4.79 Å². The number of fused-ring (bicyclic) bond motifs is 1. The SMILES string of the molecule is Cc1cccc(C)c1NC(=O)CN1C[C@H]2CNC[C@H]2C1. The van der Waals surface area contributed by atoms with Crippen molar-refractivity contribution < 1.29 is 4.79 Å². The van der Waals surface area contributed by atoms with E-state index in [4.69, 9.17) is 0 Å². The van der Waals surface area contributed by atoms with Crippen molar-refractivity contribution in [3.05, 3.63) is 29.3 Å². The third-order valence-corrected chi connectivity index (χ3v) is 4.58. The van der Waals surface area contributed by atoms with E-state index in [1.807, 2.05) is 32.0 Å². The molecule has 4 heteroatoms. The molecule has 20 heavy (non-hydrogen) atoms. The smallest absolute Gasteiger partial charge is 0.238 e. The predicted molar refractivity (Wildman–Crippen MR) is 80.8 cm³/mol. The number of amides is 1. The van der Waals surface area contributed by atoms with Gasteiger partial charge in [-0.25, -0.2) is 0 Å². The van der Waals surface area contributed by atoms with Gasteiger partial charge in [0, 0.05) is 18.8 Å². The van der Waals surface area contributed by atoms with Crippen LogP contribution < -0.4 is 10.6 Å². The summed E-state index contributed by atoms with van der Waals surface area (Å²) in [6, 6.07) is 6.10. The van der Waals surface area contributed by atoms with E-state index < -0.39 is 0 Å². The maximum atomic E-state index is 12.2. The normalized spacial score (nSPS) is 25.7. The summed E-state index contributed by atoms with van der Waals surface area (Å²) in [5.41, 5.74) is 3.22. The fourth-order valence-electron chi connectivity index (χ4n) is 3.48. The highest BCUT2D eigenvalue weighted by Crippen LogP contribution is 2.26. The van der Waals surface area contributed by atoms with Gasteiger partial charge in [-0.15, -0.1) is 0 Å². The molecule has 0 radical (unpaired) electrons. The molecular weight excluding hydrogens is 250 g/mol. The molecule has 4 nitrogen and oxygen atoms in total. The van der Waals surface area contributed by atoms with E-state index in [-0.39, 0.29) is 5.91 Å². The van der Waals surface area contributed by atoms with Crippen molar-refractivity contribution in [2.24, 2.45) is 11.8 Å². The molecular formula is C16H23N3O.